The molecule has 0 aliphatic carbocycles. The lowest BCUT2D eigenvalue weighted by Gasteiger charge is -2.23. The van der Waals surface area contributed by atoms with Gasteiger partial charge in [0.1, 0.15) is 5.75 Å². The van der Waals surface area contributed by atoms with Gasteiger partial charge in [-0.05, 0) is 51.5 Å². The van der Waals surface area contributed by atoms with E-state index in [0.717, 1.165) is 16.6 Å². The molecule has 0 unspecified atom stereocenters. The largest absolute Gasteiger partial charge is 0.438 e. The van der Waals surface area contributed by atoms with Crippen LogP contribution in [0.2, 0.25) is 0 Å². The van der Waals surface area contributed by atoms with E-state index in [1.54, 1.807) is 6.20 Å². The summed E-state index contributed by atoms with van der Waals surface area (Å²) < 4.78 is 6.87. The maximum Gasteiger partial charge on any atom is 0.233 e. The molecule has 0 aliphatic heterocycles. The molecule has 1 aromatic carbocycles. The molecule has 0 N–H and O–H groups in total. The van der Waals surface area contributed by atoms with Crippen LogP contribution in [0.3, 0.4) is 0 Å². The fourth-order valence-corrected chi connectivity index (χ4v) is 2.36. The quantitative estimate of drug-likeness (QED) is 0.740. The molecule has 0 saturated carbocycles. The van der Waals surface area contributed by atoms with Gasteiger partial charge in [-0.2, -0.15) is 0 Å². The Labute approximate surface area is 129 Å². The van der Waals surface area contributed by atoms with Crippen molar-refractivity contribution in [2.45, 2.75) is 39.5 Å². The summed E-state index contributed by atoms with van der Waals surface area (Å²) in [6.07, 6.45) is 2.76. The number of pyridine rings is 1. The maximum absolute atomic E-state index is 6.01. The molecule has 106 valence electrons. The van der Waals surface area contributed by atoms with Gasteiger partial charge in [0.05, 0.1) is 4.47 Å². The van der Waals surface area contributed by atoms with Crippen LogP contribution >= 0.6 is 15.9 Å². The lowest BCUT2D eigenvalue weighted by molar-refractivity contribution is 0.437. The van der Waals surface area contributed by atoms with E-state index < -0.39 is 0 Å². The summed E-state index contributed by atoms with van der Waals surface area (Å²) in [4.78, 5) is 4.27. The van der Waals surface area contributed by atoms with Gasteiger partial charge < -0.3 is 4.74 Å². The van der Waals surface area contributed by atoms with Crippen molar-refractivity contribution in [1.29, 1.82) is 0 Å². The van der Waals surface area contributed by atoms with E-state index >= 15 is 0 Å². The Morgan fingerprint density at radius 2 is 1.95 bits per heavy atom. The molecule has 1 aromatic heterocycles. The summed E-state index contributed by atoms with van der Waals surface area (Å²) in [5.41, 5.74) is 2.55. The van der Waals surface area contributed by atoms with Crippen LogP contribution in [0.4, 0.5) is 0 Å². The first-order chi connectivity index (χ1) is 9.41. The summed E-state index contributed by atoms with van der Waals surface area (Å²) >= 11 is 3.47. The minimum absolute atomic E-state index is 0.0295. The summed E-state index contributed by atoms with van der Waals surface area (Å²) in [5, 5.41) is 0. The molecule has 0 spiro atoms. The smallest absolute Gasteiger partial charge is 0.233 e. The third kappa shape index (κ3) is 3.40. The van der Waals surface area contributed by atoms with Crippen LogP contribution in [-0.2, 0) is 11.8 Å². The van der Waals surface area contributed by atoms with E-state index in [2.05, 4.69) is 60.7 Å². The average molecular weight is 334 g/mol. The SMILES string of the molecule is CCc1ccc(Oc2ncccc2Br)c(C(C)(C)C)c1. The van der Waals surface area contributed by atoms with Crippen LogP contribution < -0.4 is 4.74 Å². The van der Waals surface area contributed by atoms with Crippen molar-refractivity contribution < 1.29 is 4.74 Å². The summed E-state index contributed by atoms with van der Waals surface area (Å²) in [6, 6.07) is 10.2. The van der Waals surface area contributed by atoms with Crippen molar-refractivity contribution in [2.75, 3.05) is 0 Å². The van der Waals surface area contributed by atoms with Crippen LogP contribution in [0.15, 0.2) is 41.0 Å². The number of hydrogen-bond acceptors (Lipinski definition) is 2. The molecule has 0 fully saturated rings. The number of nitrogens with zero attached hydrogens (tertiary/aromatic N) is 1. The van der Waals surface area contributed by atoms with E-state index in [9.17, 15) is 0 Å². The van der Waals surface area contributed by atoms with Crippen molar-refractivity contribution in [3.05, 3.63) is 52.1 Å². The fourth-order valence-electron chi connectivity index (χ4n) is 2.02. The highest BCUT2D eigenvalue weighted by atomic mass is 79.9. The highest BCUT2D eigenvalue weighted by molar-refractivity contribution is 9.10. The number of hydrogen-bond donors (Lipinski definition) is 0. The normalized spacial score (nSPS) is 11.4. The average Bonchev–Trinajstić information content (AvgIpc) is 2.40. The van der Waals surface area contributed by atoms with E-state index in [0.29, 0.717) is 5.88 Å². The van der Waals surface area contributed by atoms with Gasteiger partial charge in [0.2, 0.25) is 5.88 Å². The van der Waals surface area contributed by atoms with Crippen LogP contribution in [0, 0.1) is 0 Å². The third-order valence-electron chi connectivity index (χ3n) is 3.19. The van der Waals surface area contributed by atoms with Crippen molar-refractivity contribution in [3.63, 3.8) is 0 Å². The Bertz CT molecular complexity index is 602. The topological polar surface area (TPSA) is 22.1 Å². The highest BCUT2D eigenvalue weighted by Crippen LogP contribution is 2.36. The molecule has 0 bridgehead atoms. The van der Waals surface area contributed by atoms with E-state index in [1.807, 2.05) is 18.2 Å². The van der Waals surface area contributed by atoms with E-state index in [-0.39, 0.29) is 5.41 Å². The maximum atomic E-state index is 6.01. The van der Waals surface area contributed by atoms with Gasteiger partial charge in [0.25, 0.3) is 0 Å². The molecular formula is C17H20BrNO. The van der Waals surface area contributed by atoms with Crippen molar-refractivity contribution in [3.8, 4) is 11.6 Å². The fraction of sp³-hybridized carbons (Fsp3) is 0.353. The van der Waals surface area contributed by atoms with Gasteiger partial charge in [-0.3, -0.25) is 0 Å². The first kappa shape index (κ1) is 15.0. The Morgan fingerprint density at radius 3 is 2.55 bits per heavy atom. The Hall–Kier alpha value is -1.35. The molecule has 2 aromatic rings. The molecular weight excluding hydrogens is 314 g/mol. The van der Waals surface area contributed by atoms with Gasteiger partial charge in [-0.15, -0.1) is 0 Å². The minimum atomic E-state index is 0.0295. The first-order valence-electron chi connectivity index (χ1n) is 6.83. The number of aryl methyl sites for hydroxylation is 1. The van der Waals surface area contributed by atoms with Gasteiger partial charge in [-0.25, -0.2) is 4.98 Å². The Kier molecular flexibility index (Phi) is 4.48. The predicted molar refractivity (Wildman–Crippen MR) is 86.5 cm³/mol. The second-order valence-electron chi connectivity index (χ2n) is 5.83. The Balaban J connectivity index is 2.44. The van der Waals surface area contributed by atoms with E-state index in [4.69, 9.17) is 4.74 Å². The lowest BCUT2D eigenvalue weighted by Crippen LogP contribution is -2.13. The molecule has 0 aliphatic rings. The zero-order valence-corrected chi connectivity index (χ0v) is 14.0. The number of ether oxygens (including phenoxy) is 1. The second kappa shape index (κ2) is 5.96. The standard InChI is InChI=1S/C17H20BrNO/c1-5-12-8-9-15(13(11-12)17(2,3)4)20-16-14(18)7-6-10-19-16/h6-11H,5H2,1-4H3. The molecule has 2 nitrogen and oxygen atoms in total. The minimum Gasteiger partial charge on any atom is -0.438 e. The predicted octanol–water partition coefficient (Wildman–Crippen LogP) is 5.50. The van der Waals surface area contributed by atoms with Gasteiger partial charge in [-0.1, -0.05) is 39.8 Å². The van der Waals surface area contributed by atoms with Crippen LogP contribution in [0.1, 0.15) is 38.8 Å². The summed E-state index contributed by atoms with van der Waals surface area (Å²) in [6.45, 7) is 8.75. The monoisotopic (exact) mass is 333 g/mol. The van der Waals surface area contributed by atoms with Crippen molar-refractivity contribution in [2.24, 2.45) is 0 Å². The van der Waals surface area contributed by atoms with Gasteiger partial charge in [0.15, 0.2) is 0 Å². The van der Waals surface area contributed by atoms with E-state index in [1.165, 1.54) is 11.1 Å². The summed E-state index contributed by atoms with van der Waals surface area (Å²) in [7, 11) is 0. The molecule has 20 heavy (non-hydrogen) atoms. The second-order valence-corrected chi connectivity index (χ2v) is 6.68. The lowest BCUT2D eigenvalue weighted by atomic mass is 9.85. The molecule has 2 rings (SSSR count). The summed E-state index contributed by atoms with van der Waals surface area (Å²) in [5.74, 6) is 1.47. The van der Waals surface area contributed by atoms with Crippen molar-refractivity contribution in [1.82, 2.24) is 4.98 Å². The Morgan fingerprint density at radius 1 is 1.20 bits per heavy atom. The van der Waals surface area contributed by atoms with Crippen LogP contribution in [-0.4, -0.2) is 4.98 Å². The highest BCUT2D eigenvalue weighted by Gasteiger charge is 2.20. The molecule has 1 heterocycles. The van der Waals surface area contributed by atoms with Crippen LogP contribution in [0.5, 0.6) is 11.6 Å². The van der Waals surface area contributed by atoms with Gasteiger partial charge >= 0.3 is 0 Å². The third-order valence-corrected chi connectivity index (χ3v) is 3.80. The molecule has 0 atom stereocenters. The van der Waals surface area contributed by atoms with Crippen molar-refractivity contribution >= 4 is 15.9 Å². The molecule has 0 amide bonds. The first-order valence-corrected chi connectivity index (χ1v) is 7.63. The number of benzene rings is 1. The zero-order chi connectivity index (χ0) is 14.8. The number of halogens is 1. The van der Waals surface area contributed by atoms with Crippen LogP contribution in [0.25, 0.3) is 0 Å². The molecule has 0 saturated heterocycles. The number of aromatic nitrogens is 1. The molecule has 3 heteroatoms. The zero-order valence-electron chi connectivity index (χ0n) is 12.4. The number of rotatable bonds is 3. The van der Waals surface area contributed by atoms with Gasteiger partial charge in [0, 0.05) is 11.8 Å². The molecule has 0 radical (unpaired) electrons.